The summed E-state index contributed by atoms with van der Waals surface area (Å²) in [5.74, 6) is 3.62. The van der Waals surface area contributed by atoms with Gasteiger partial charge in [0.25, 0.3) is 0 Å². The van der Waals surface area contributed by atoms with E-state index >= 15 is 0 Å². The number of nitrogens with one attached hydrogen (secondary N) is 2. The molecule has 0 saturated carbocycles. The Morgan fingerprint density at radius 2 is 1.86 bits per heavy atom. The van der Waals surface area contributed by atoms with Crippen molar-refractivity contribution in [2.45, 2.75) is 59.5 Å². The Bertz CT molecular complexity index is 758. The lowest BCUT2D eigenvalue weighted by atomic mass is 9.94. The standard InChI is InChI=1S/C22H34N4O2/c1-15(2)14-27-18-10-8-17(9-11-18)16(3)26-21(23-7)25-13-20-24-12-19(28-20)22(4,5)6/h8-12,15-16H,13-14H2,1-7H3,(H2,23,25,26). The largest absolute Gasteiger partial charge is 0.493 e. The van der Waals surface area contributed by atoms with Crippen LogP contribution in [-0.4, -0.2) is 24.6 Å². The van der Waals surface area contributed by atoms with Crippen LogP contribution in [0.2, 0.25) is 0 Å². The highest BCUT2D eigenvalue weighted by Gasteiger charge is 2.19. The van der Waals surface area contributed by atoms with Gasteiger partial charge in [0.2, 0.25) is 5.89 Å². The summed E-state index contributed by atoms with van der Waals surface area (Å²) >= 11 is 0. The fourth-order valence-electron chi connectivity index (χ4n) is 2.50. The lowest BCUT2D eigenvalue weighted by Crippen LogP contribution is -2.38. The summed E-state index contributed by atoms with van der Waals surface area (Å²) < 4.78 is 11.6. The van der Waals surface area contributed by atoms with E-state index in [1.807, 2.05) is 12.1 Å². The number of hydrogen-bond acceptors (Lipinski definition) is 4. The van der Waals surface area contributed by atoms with Gasteiger partial charge in [-0.3, -0.25) is 4.99 Å². The van der Waals surface area contributed by atoms with Gasteiger partial charge in [0.15, 0.2) is 5.96 Å². The molecular weight excluding hydrogens is 352 g/mol. The van der Waals surface area contributed by atoms with Gasteiger partial charge in [-0.2, -0.15) is 0 Å². The molecule has 0 bridgehead atoms. The maximum absolute atomic E-state index is 5.82. The first-order chi connectivity index (χ1) is 13.2. The second-order valence-corrected chi connectivity index (χ2v) is 8.43. The minimum Gasteiger partial charge on any atom is -0.493 e. The van der Waals surface area contributed by atoms with Crippen LogP contribution < -0.4 is 15.4 Å². The quantitative estimate of drug-likeness (QED) is 0.544. The average Bonchev–Trinajstić information content (AvgIpc) is 3.13. The summed E-state index contributed by atoms with van der Waals surface area (Å²) in [5, 5.41) is 6.64. The molecule has 0 saturated heterocycles. The zero-order chi connectivity index (χ0) is 20.7. The molecule has 0 spiro atoms. The van der Waals surface area contributed by atoms with Gasteiger partial charge in [-0.1, -0.05) is 46.8 Å². The van der Waals surface area contributed by atoms with Crippen molar-refractivity contribution in [1.82, 2.24) is 15.6 Å². The number of guanidine groups is 1. The number of nitrogens with zero attached hydrogens (tertiary/aromatic N) is 2. The van der Waals surface area contributed by atoms with Crippen LogP contribution in [0.25, 0.3) is 0 Å². The van der Waals surface area contributed by atoms with Gasteiger partial charge in [-0.05, 0) is 30.5 Å². The summed E-state index contributed by atoms with van der Waals surface area (Å²) in [4.78, 5) is 8.63. The van der Waals surface area contributed by atoms with Crippen LogP contribution in [0.3, 0.4) is 0 Å². The van der Waals surface area contributed by atoms with Gasteiger partial charge in [-0.15, -0.1) is 0 Å². The predicted molar refractivity (Wildman–Crippen MR) is 114 cm³/mol. The monoisotopic (exact) mass is 386 g/mol. The highest BCUT2D eigenvalue weighted by Crippen LogP contribution is 2.22. The number of ether oxygens (including phenoxy) is 1. The second-order valence-electron chi connectivity index (χ2n) is 8.43. The number of benzene rings is 1. The highest BCUT2D eigenvalue weighted by molar-refractivity contribution is 5.80. The second kappa shape index (κ2) is 9.62. The zero-order valence-electron chi connectivity index (χ0n) is 18.2. The molecule has 2 aromatic rings. The van der Waals surface area contributed by atoms with Crippen LogP contribution >= 0.6 is 0 Å². The van der Waals surface area contributed by atoms with Gasteiger partial charge >= 0.3 is 0 Å². The van der Waals surface area contributed by atoms with Gasteiger partial charge in [-0.25, -0.2) is 4.98 Å². The average molecular weight is 387 g/mol. The Balaban J connectivity index is 1.89. The van der Waals surface area contributed by atoms with E-state index in [4.69, 9.17) is 9.15 Å². The molecule has 1 unspecified atom stereocenters. The molecule has 0 fully saturated rings. The Morgan fingerprint density at radius 1 is 1.18 bits per heavy atom. The minimum atomic E-state index is -0.0509. The van der Waals surface area contributed by atoms with Crippen LogP contribution in [0.5, 0.6) is 5.75 Å². The smallest absolute Gasteiger partial charge is 0.213 e. The van der Waals surface area contributed by atoms with E-state index in [1.54, 1.807) is 13.2 Å². The topological polar surface area (TPSA) is 71.7 Å². The molecule has 2 N–H and O–H groups in total. The summed E-state index contributed by atoms with van der Waals surface area (Å²) in [6, 6.07) is 8.26. The molecule has 1 atom stereocenters. The van der Waals surface area contributed by atoms with Crippen molar-refractivity contribution < 1.29 is 9.15 Å². The first kappa shape index (κ1) is 21.8. The first-order valence-corrected chi connectivity index (χ1v) is 9.84. The van der Waals surface area contributed by atoms with Gasteiger partial charge in [0.1, 0.15) is 11.5 Å². The van der Waals surface area contributed by atoms with Crippen molar-refractivity contribution in [1.29, 1.82) is 0 Å². The van der Waals surface area contributed by atoms with Gasteiger partial charge < -0.3 is 19.8 Å². The number of hydrogen-bond donors (Lipinski definition) is 2. The van der Waals surface area contributed by atoms with E-state index < -0.39 is 0 Å². The van der Waals surface area contributed by atoms with Crippen molar-refractivity contribution in [3.8, 4) is 5.75 Å². The number of aliphatic imine (C=N–C) groups is 1. The molecule has 1 aromatic heterocycles. The van der Waals surface area contributed by atoms with Crippen molar-refractivity contribution in [3.05, 3.63) is 47.7 Å². The maximum Gasteiger partial charge on any atom is 0.213 e. The fourth-order valence-corrected chi connectivity index (χ4v) is 2.50. The Morgan fingerprint density at radius 3 is 2.39 bits per heavy atom. The molecule has 0 aliphatic carbocycles. The summed E-state index contributed by atoms with van der Waals surface area (Å²) in [6.07, 6.45) is 1.79. The highest BCUT2D eigenvalue weighted by atomic mass is 16.5. The fraction of sp³-hybridized carbons (Fsp3) is 0.545. The molecule has 6 nitrogen and oxygen atoms in total. The molecule has 1 aromatic carbocycles. The summed E-state index contributed by atoms with van der Waals surface area (Å²) in [7, 11) is 1.75. The Labute approximate surface area is 168 Å². The Kier molecular flexibility index (Phi) is 7.49. The minimum absolute atomic E-state index is 0.0509. The van der Waals surface area contributed by atoms with Crippen molar-refractivity contribution in [2.75, 3.05) is 13.7 Å². The van der Waals surface area contributed by atoms with Crippen LogP contribution in [-0.2, 0) is 12.0 Å². The van der Waals surface area contributed by atoms with Crippen LogP contribution in [0, 0.1) is 5.92 Å². The number of oxazole rings is 1. The van der Waals surface area contributed by atoms with E-state index in [0.29, 0.717) is 24.3 Å². The van der Waals surface area contributed by atoms with E-state index in [9.17, 15) is 0 Å². The van der Waals surface area contributed by atoms with E-state index in [2.05, 4.69) is 74.3 Å². The predicted octanol–water partition coefficient (Wildman–Crippen LogP) is 4.43. The molecule has 0 aliphatic rings. The molecule has 1 heterocycles. The Hall–Kier alpha value is -2.50. The van der Waals surface area contributed by atoms with Crippen molar-refractivity contribution in [3.63, 3.8) is 0 Å². The van der Waals surface area contributed by atoms with E-state index in [0.717, 1.165) is 23.7 Å². The van der Waals surface area contributed by atoms with Gasteiger partial charge in [0.05, 0.1) is 25.4 Å². The van der Waals surface area contributed by atoms with Crippen LogP contribution in [0.4, 0.5) is 0 Å². The first-order valence-electron chi connectivity index (χ1n) is 9.84. The molecule has 2 rings (SSSR count). The van der Waals surface area contributed by atoms with Crippen molar-refractivity contribution in [2.24, 2.45) is 10.9 Å². The lowest BCUT2D eigenvalue weighted by Gasteiger charge is -2.18. The van der Waals surface area contributed by atoms with Gasteiger partial charge in [0, 0.05) is 12.5 Å². The third-order valence-electron chi connectivity index (χ3n) is 4.24. The molecule has 0 radical (unpaired) electrons. The molecule has 154 valence electrons. The maximum atomic E-state index is 5.82. The van der Waals surface area contributed by atoms with E-state index in [1.165, 1.54) is 0 Å². The summed E-state index contributed by atoms with van der Waals surface area (Å²) in [5.41, 5.74) is 1.11. The van der Waals surface area contributed by atoms with E-state index in [-0.39, 0.29) is 11.5 Å². The lowest BCUT2D eigenvalue weighted by molar-refractivity contribution is 0.271. The molecule has 28 heavy (non-hydrogen) atoms. The number of aromatic nitrogens is 1. The third-order valence-corrected chi connectivity index (χ3v) is 4.24. The summed E-state index contributed by atoms with van der Waals surface area (Å²) in [6.45, 7) is 13.9. The number of rotatable bonds is 7. The van der Waals surface area contributed by atoms with Crippen LogP contribution in [0.1, 0.15) is 64.8 Å². The normalized spacial score (nSPS) is 13.5. The SMILES string of the molecule is CN=C(NCc1ncc(C(C)(C)C)o1)NC(C)c1ccc(OCC(C)C)cc1. The molecule has 0 aliphatic heterocycles. The molecule has 0 amide bonds. The zero-order valence-corrected chi connectivity index (χ0v) is 18.2. The molecule has 6 heteroatoms. The third kappa shape index (κ3) is 6.59. The molecular formula is C22H34N4O2. The van der Waals surface area contributed by atoms with Crippen LogP contribution in [0.15, 0.2) is 39.9 Å². The van der Waals surface area contributed by atoms with Crippen molar-refractivity contribution >= 4 is 5.96 Å².